The number of hydrogen-bond donors (Lipinski definition) is 1. The van der Waals surface area contributed by atoms with E-state index in [1.165, 1.54) is 0 Å². The SMILES string of the molecule is C=CCCCOC(=O)[C@@H]1[C@H]2C(=O)N(CCCCCCO)C(C(=O)N(CC=C)C(C)C)C23CC[C@@]1(CC)O3. The minimum atomic E-state index is -1.03. The Hall–Kier alpha value is -2.19. The second-order valence-electron chi connectivity index (χ2n) is 11.0. The summed E-state index contributed by atoms with van der Waals surface area (Å²) < 4.78 is 12.5. The molecule has 1 spiro atoms. The molecule has 0 radical (unpaired) electrons. The van der Waals surface area contributed by atoms with E-state index in [4.69, 9.17) is 14.6 Å². The fraction of sp³-hybridized carbons (Fsp3) is 0.759. The van der Waals surface area contributed by atoms with E-state index < -0.39 is 35.0 Å². The number of rotatable bonds is 16. The van der Waals surface area contributed by atoms with Crippen molar-refractivity contribution in [3.05, 3.63) is 25.3 Å². The number of ether oxygens (including phenoxy) is 2. The summed E-state index contributed by atoms with van der Waals surface area (Å²) in [6.45, 7) is 14.6. The molecule has 0 saturated carbocycles. The standard InChI is InChI=1S/C29H46N2O6/c1-6-9-14-20-36-27(35)23-22-25(33)31(18-12-10-11-13-19-32)24(26(34)30(17-7-2)21(4)5)29(22)16-15-28(23,8-3)37-29/h6-7,21-24,32H,1-2,8-20H2,3-5H3/t22-,23-,24?,28+,29?/m0/s1. The average molecular weight is 519 g/mol. The molecule has 3 fully saturated rings. The fourth-order valence-electron chi connectivity index (χ4n) is 6.69. The zero-order chi connectivity index (χ0) is 27.2. The van der Waals surface area contributed by atoms with Gasteiger partial charge in [-0.2, -0.15) is 0 Å². The lowest BCUT2D eigenvalue weighted by molar-refractivity contribution is -0.162. The normalized spacial score (nSPS) is 30.0. The summed E-state index contributed by atoms with van der Waals surface area (Å²) in [7, 11) is 0. The van der Waals surface area contributed by atoms with Crippen molar-refractivity contribution < 1.29 is 29.0 Å². The van der Waals surface area contributed by atoms with E-state index in [0.717, 1.165) is 25.7 Å². The average Bonchev–Trinajstić information content (AvgIpc) is 3.48. The number of fused-ring (bicyclic) bond motifs is 1. The van der Waals surface area contributed by atoms with Crippen LogP contribution in [0.4, 0.5) is 0 Å². The number of aliphatic hydroxyl groups excluding tert-OH is 1. The molecule has 37 heavy (non-hydrogen) atoms. The van der Waals surface area contributed by atoms with Crippen LogP contribution in [-0.2, 0) is 23.9 Å². The maximum atomic E-state index is 14.2. The van der Waals surface area contributed by atoms with Crippen molar-refractivity contribution in [3.63, 3.8) is 0 Å². The number of carbonyl (C=O) groups is 3. The first-order valence-corrected chi connectivity index (χ1v) is 14.0. The van der Waals surface area contributed by atoms with E-state index in [1.807, 2.05) is 20.8 Å². The van der Waals surface area contributed by atoms with Crippen LogP contribution in [-0.4, -0.2) is 82.3 Å². The summed E-state index contributed by atoms with van der Waals surface area (Å²) in [4.78, 5) is 45.2. The van der Waals surface area contributed by atoms with Crippen molar-refractivity contribution in [2.24, 2.45) is 11.8 Å². The molecule has 5 atom stereocenters. The first kappa shape index (κ1) is 29.4. The van der Waals surface area contributed by atoms with Crippen LogP contribution in [0.2, 0.25) is 0 Å². The Morgan fingerprint density at radius 2 is 1.92 bits per heavy atom. The molecule has 8 heteroatoms. The zero-order valence-electron chi connectivity index (χ0n) is 23.0. The molecule has 3 heterocycles. The van der Waals surface area contributed by atoms with Crippen LogP contribution in [0.5, 0.6) is 0 Å². The minimum Gasteiger partial charge on any atom is -0.465 e. The zero-order valence-corrected chi connectivity index (χ0v) is 23.0. The lowest BCUT2D eigenvalue weighted by Crippen LogP contribution is -2.57. The number of nitrogens with zero attached hydrogens (tertiary/aromatic N) is 2. The van der Waals surface area contributed by atoms with Crippen LogP contribution in [0.25, 0.3) is 0 Å². The van der Waals surface area contributed by atoms with Gasteiger partial charge in [-0.25, -0.2) is 0 Å². The second-order valence-corrected chi connectivity index (χ2v) is 11.0. The molecular weight excluding hydrogens is 472 g/mol. The highest BCUT2D eigenvalue weighted by molar-refractivity contribution is 5.98. The van der Waals surface area contributed by atoms with E-state index in [-0.39, 0.29) is 31.1 Å². The predicted octanol–water partition coefficient (Wildman–Crippen LogP) is 3.63. The van der Waals surface area contributed by atoms with Crippen LogP contribution in [0, 0.1) is 11.8 Å². The lowest BCUT2D eigenvalue weighted by Gasteiger charge is -2.38. The van der Waals surface area contributed by atoms with Crippen LogP contribution >= 0.6 is 0 Å². The van der Waals surface area contributed by atoms with Gasteiger partial charge in [0.15, 0.2) is 0 Å². The number of carbonyl (C=O) groups excluding carboxylic acids is 3. The van der Waals surface area contributed by atoms with Crippen molar-refractivity contribution in [1.82, 2.24) is 9.80 Å². The van der Waals surface area contributed by atoms with E-state index >= 15 is 0 Å². The van der Waals surface area contributed by atoms with Crippen molar-refractivity contribution >= 4 is 17.8 Å². The monoisotopic (exact) mass is 518 g/mol. The largest absolute Gasteiger partial charge is 0.465 e. The summed E-state index contributed by atoms with van der Waals surface area (Å²) in [5, 5.41) is 9.11. The van der Waals surface area contributed by atoms with Crippen molar-refractivity contribution in [2.45, 2.75) is 102 Å². The van der Waals surface area contributed by atoms with Gasteiger partial charge in [0, 0.05) is 25.7 Å². The van der Waals surface area contributed by atoms with E-state index in [9.17, 15) is 14.4 Å². The molecule has 3 saturated heterocycles. The molecule has 1 N–H and O–H groups in total. The Labute approximate surface area is 222 Å². The van der Waals surface area contributed by atoms with Gasteiger partial charge < -0.3 is 24.4 Å². The van der Waals surface area contributed by atoms with Crippen LogP contribution in [0.3, 0.4) is 0 Å². The minimum absolute atomic E-state index is 0.0770. The molecule has 3 aliphatic rings. The summed E-state index contributed by atoms with van der Waals surface area (Å²) in [5.74, 6) is -2.16. The van der Waals surface area contributed by atoms with Gasteiger partial charge in [0.2, 0.25) is 11.8 Å². The molecular formula is C29H46N2O6. The molecule has 0 aromatic carbocycles. The molecule has 2 unspecified atom stereocenters. The second kappa shape index (κ2) is 12.6. The summed E-state index contributed by atoms with van der Waals surface area (Å²) >= 11 is 0. The summed E-state index contributed by atoms with van der Waals surface area (Å²) in [6, 6.07) is -0.857. The lowest BCUT2D eigenvalue weighted by atomic mass is 9.65. The van der Waals surface area contributed by atoms with Gasteiger partial charge in [0.05, 0.1) is 18.1 Å². The molecule has 0 aromatic rings. The van der Waals surface area contributed by atoms with Crippen LogP contribution in [0.1, 0.15) is 78.6 Å². The number of aliphatic hydroxyl groups is 1. The van der Waals surface area contributed by atoms with Gasteiger partial charge in [0.1, 0.15) is 17.6 Å². The number of allylic oxidation sites excluding steroid dienone is 1. The molecule has 2 amide bonds. The molecule has 3 aliphatic heterocycles. The number of unbranched alkanes of at least 4 members (excludes halogenated alkanes) is 4. The molecule has 0 aromatic heterocycles. The van der Waals surface area contributed by atoms with Gasteiger partial charge in [0.25, 0.3) is 0 Å². The first-order valence-electron chi connectivity index (χ1n) is 14.0. The first-order chi connectivity index (χ1) is 17.7. The van der Waals surface area contributed by atoms with E-state index in [0.29, 0.717) is 45.2 Å². The van der Waals surface area contributed by atoms with Crippen molar-refractivity contribution in [2.75, 3.05) is 26.3 Å². The van der Waals surface area contributed by atoms with Gasteiger partial charge in [-0.1, -0.05) is 31.9 Å². The fourth-order valence-corrected chi connectivity index (χ4v) is 6.69. The molecule has 0 aliphatic carbocycles. The quantitative estimate of drug-likeness (QED) is 0.190. The van der Waals surface area contributed by atoms with Crippen LogP contribution in [0.15, 0.2) is 25.3 Å². The van der Waals surface area contributed by atoms with Gasteiger partial charge in [-0.05, 0) is 58.8 Å². The highest BCUT2D eigenvalue weighted by Gasteiger charge is 2.79. The van der Waals surface area contributed by atoms with Crippen molar-refractivity contribution in [3.8, 4) is 0 Å². The number of esters is 1. The third-order valence-electron chi connectivity index (χ3n) is 8.50. The van der Waals surface area contributed by atoms with Gasteiger partial charge >= 0.3 is 5.97 Å². The van der Waals surface area contributed by atoms with E-state index in [2.05, 4.69) is 13.2 Å². The maximum absolute atomic E-state index is 14.2. The Morgan fingerprint density at radius 1 is 1.19 bits per heavy atom. The maximum Gasteiger partial charge on any atom is 0.312 e. The van der Waals surface area contributed by atoms with E-state index in [1.54, 1.807) is 22.0 Å². The van der Waals surface area contributed by atoms with Gasteiger partial charge in [-0.3, -0.25) is 14.4 Å². The topological polar surface area (TPSA) is 96.4 Å². The van der Waals surface area contributed by atoms with Crippen molar-refractivity contribution in [1.29, 1.82) is 0 Å². The summed E-state index contributed by atoms with van der Waals surface area (Å²) in [6.07, 6.45) is 9.81. The Balaban J connectivity index is 1.96. The third kappa shape index (κ3) is 5.37. The molecule has 2 bridgehead atoms. The predicted molar refractivity (Wildman–Crippen MR) is 142 cm³/mol. The Bertz CT molecular complexity index is 859. The molecule has 8 nitrogen and oxygen atoms in total. The van der Waals surface area contributed by atoms with Gasteiger partial charge in [-0.15, -0.1) is 13.2 Å². The Kier molecular flexibility index (Phi) is 9.98. The smallest absolute Gasteiger partial charge is 0.312 e. The highest BCUT2D eigenvalue weighted by Crippen LogP contribution is 2.64. The number of amides is 2. The Morgan fingerprint density at radius 3 is 2.54 bits per heavy atom. The summed E-state index contributed by atoms with van der Waals surface area (Å²) in [5.41, 5.74) is -1.82. The number of likely N-dealkylation sites (tertiary alicyclic amines) is 1. The van der Waals surface area contributed by atoms with Crippen LogP contribution < -0.4 is 0 Å². The molecule has 208 valence electrons. The third-order valence-corrected chi connectivity index (χ3v) is 8.50. The molecule has 3 rings (SSSR count). The number of hydrogen-bond acceptors (Lipinski definition) is 6. The highest BCUT2D eigenvalue weighted by atomic mass is 16.6.